The van der Waals surface area contributed by atoms with Crippen LogP contribution in [-0.4, -0.2) is 0 Å². The number of hydrogen-bond donors (Lipinski definition) is 0. The van der Waals surface area contributed by atoms with E-state index in [1.54, 1.807) is 0 Å². The van der Waals surface area contributed by atoms with Crippen molar-refractivity contribution in [2.45, 2.75) is 20.8 Å². The molecule has 0 aliphatic carbocycles. The van der Waals surface area contributed by atoms with Crippen molar-refractivity contribution in [2.24, 2.45) is 0 Å². The van der Waals surface area contributed by atoms with E-state index < -0.39 is 0 Å². The zero-order chi connectivity index (χ0) is 16.6. The molecule has 3 aromatic carbocycles. The Hall–Kier alpha value is -0.880. The summed E-state index contributed by atoms with van der Waals surface area (Å²) in [6, 6.07) is 20.0. The van der Waals surface area contributed by atoms with Crippen LogP contribution < -0.4 is 0 Å². The maximum atomic E-state index is 2.41. The Morgan fingerprint density at radius 1 is 0.609 bits per heavy atom. The Kier molecular flexibility index (Phi) is 5.11. The van der Waals surface area contributed by atoms with E-state index in [0.29, 0.717) is 0 Å². The molecule has 0 N–H and O–H groups in total. The van der Waals surface area contributed by atoms with Crippen LogP contribution in [0, 0.1) is 27.9 Å². The second kappa shape index (κ2) is 6.93. The van der Waals surface area contributed by atoms with E-state index in [2.05, 4.69) is 121 Å². The van der Waals surface area contributed by atoms with Crippen molar-refractivity contribution in [1.82, 2.24) is 0 Å². The molecule has 0 aliphatic heterocycles. The summed E-state index contributed by atoms with van der Waals surface area (Å²) in [7, 11) is 0. The summed E-state index contributed by atoms with van der Waals surface area (Å²) in [6.45, 7) is 6.62. The Morgan fingerprint density at radius 2 is 1.22 bits per heavy atom. The third-order valence-corrected chi connectivity index (χ3v) is 6.30. The van der Waals surface area contributed by atoms with Gasteiger partial charge in [0.2, 0.25) is 0 Å². The van der Waals surface area contributed by atoms with Crippen molar-refractivity contribution < 1.29 is 0 Å². The third-order valence-electron chi connectivity index (χ3n) is 4.41. The molecule has 116 valence electrons. The molecule has 3 aromatic rings. The largest absolute Gasteiger partial charge is 0.0537 e. The van der Waals surface area contributed by atoms with E-state index in [1.165, 1.54) is 46.1 Å². The lowest BCUT2D eigenvalue weighted by atomic mass is 9.92. The number of benzene rings is 3. The monoisotopic (exact) mass is 524 g/mol. The normalized spacial score (nSPS) is 10.8. The summed E-state index contributed by atoms with van der Waals surface area (Å²) in [4.78, 5) is 0. The topological polar surface area (TPSA) is 0 Å². The highest BCUT2D eigenvalue weighted by atomic mass is 127. The van der Waals surface area contributed by atoms with Crippen molar-refractivity contribution >= 4 is 45.2 Å². The molecule has 0 saturated carbocycles. The predicted molar refractivity (Wildman–Crippen MR) is 117 cm³/mol. The molecule has 3 rings (SSSR count). The summed E-state index contributed by atoms with van der Waals surface area (Å²) in [6.07, 6.45) is 0. The molecule has 0 aliphatic rings. The van der Waals surface area contributed by atoms with Crippen molar-refractivity contribution in [3.8, 4) is 22.3 Å². The van der Waals surface area contributed by atoms with E-state index in [-0.39, 0.29) is 0 Å². The molecule has 0 radical (unpaired) electrons. The molecule has 0 aromatic heterocycles. The average molecular weight is 524 g/mol. The minimum absolute atomic E-state index is 1.27. The molecule has 0 atom stereocenters. The first-order valence-electron chi connectivity index (χ1n) is 7.60. The van der Waals surface area contributed by atoms with Gasteiger partial charge in [-0.2, -0.15) is 0 Å². The SMILES string of the molecule is Cc1cc(-c2ccc(I)c(C)c2C)ccc1-c1ccc(I)cc1. The Bertz CT molecular complexity index is 862. The fourth-order valence-electron chi connectivity index (χ4n) is 2.88. The maximum absolute atomic E-state index is 2.41. The van der Waals surface area contributed by atoms with Crippen LogP contribution in [0.15, 0.2) is 54.6 Å². The minimum Gasteiger partial charge on any atom is -0.0537 e. The van der Waals surface area contributed by atoms with E-state index >= 15 is 0 Å². The molecule has 23 heavy (non-hydrogen) atoms. The van der Waals surface area contributed by atoms with Crippen molar-refractivity contribution in [3.63, 3.8) is 0 Å². The highest BCUT2D eigenvalue weighted by Gasteiger charge is 2.09. The zero-order valence-corrected chi connectivity index (χ0v) is 17.8. The Labute approximate surface area is 165 Å². The van der Waals surface area contributed by atoms with Gasteiger partial charge < -0.3 is 0 Å². The summed E-state index contributed by atoms with van der Waals surface area (Å²) < 4.78 is 2.60. The van der Waals surface area contributed by atoms with Crippen LogP contribution in [0.5, 0.6) is 0 Å². The molecule has 2 heteroatoms. The van der Waals surface area contributed by atoms with Gasteiger partial charge in [-0.05, 0) is 123 Å². The van der Waals surface area contributed by atoms with E-state index in [9.17, 15) is 0 Å². The molecule has 0 bridgehead atoms. The van der Waals surface area contributed by atoms with Crippen LogP contribution in [0.1, 0.15) is 16.7 Å². The summed E-state index contributed by atoms with van der Waals surface area (Å²) in [5, 5.41) is 0. The second-order valence-corrected chi connectivity index (χ2v) is 8.29. The summed E-state index contributed by atoms with van der Waals surface area (Å²) in [5.41, 5.74) is 9.30. The first-order chi connectivity index (χ1) is 11.0. The number of aryl methyl sites for hydroxylation is 1. The van der Waals surface area contributed by atoms with Crippen molar-refractivity contribution in [2.75, 3.05) is 0 Å². The zero-order valence-electron chi connectivity index (χ0n) is 13.5. The number of rotatable bonds is 2. The smallest absolute Gasteiger partial charge is 0.0162 e. The lowest BCUT2D eigenvalue weighted by molar-refractivity contribution is 1.31. The van der Waals surface area contributed by atoms with Crippen LogP contribution in [0.2, 0.25) is 0 Å². The predicted octanol–water partition coefficient (Wildman–Crippen LogP) is 7.16. The standard InChI is InChI=1S/C21H18I2/c1-13-12-17(20-10-11-21(23)15(3)14(20)2)6-9-19(13)16-4-7-18(22)8-5-16/h4-12H,1-3H3. The van der Waals surface area contributed by atoms with Gasteiger partial charge >= 0.3 is 0 Å². The first kappa shape index (κ1) is 17.0. The molecular weight excluding hydrogens is 506 g/mol. The van der Waals surface area contributed by atoms with Crippen LogP contribution in [0.3, 0.4) is 0 Å². The quantitative estimate of drug-likeness (QED) is 0.313. The molecule has 0 nitrogen and oxygen atoms in total. The maximum Gasteiger partial charge on any atom is 0.0162 e. The van der Waals surface area contributed by atoms with Gasteiger partial charge in [-0.25, -0.2) is 0 Å². The van der Waals surface area contributed by atoms with Gasteiger partial charge in [0, 0.05) is 7.14 Å². The average Bonchev–Trinajstić information content (AvgIpc) is 2.54. The highest BCUT2D eigenvalue weighted by Crippen LogP contribution is 2.32. The van der Waals surface area contributed by atoms with Gasteiger partial charge in [-0.15, -0.1) is 0 Å². The molecule has 0 amide bonds. The van der Waals surface area contributed by atoms with Gasteiger partial charge in [0.25, 0.3) is 0 Å². The van der Waals surface area contributed by atoms with Crippen LogP contribution >= 0.6 is 45.2 Å². The molecular formula is C21H18I2. The van der Waals surface area contributed by atoms with E-state index in [4.69, 9.17) is 0 Å². The van der Waals surface area contributed by atoms with Gasteiger partial charge in [-0.1, -0.05) is 36.4 Å². The molecule has 0 unspecified atom stereocenters. The molecule has 0 fully saturated rings. The first-order valence-corrected chi connectivity index (χ1v) is 9.76. The molecule has 0 heterocycles. The Morgan fingerprint density at radius 3 is 1.87 bits per heavy atom. The molecule has 0 spiro atoms. The van der Waals surface area contributed by atoms with E-state index in [1.807, 2.05) is 0 Å². The third kappa shape index (κ3) is 3.48. The number of hydrogen-bond acceptors (Lipinski definition) is 0. The van der Waals surface area contributed by atoms with Crippen molar-refractivity contribution in [3.05, 3.63) is 78.4 Å². The van der Waals surface area contributed by atoms with Gasteiger partial charge in [0.15, 0.2) is 0 Å². The van der Waals surface area contributed by atoms with Gasteiger partial charge in [0.1, 0.15) is 0 Å². The fraction of sp³-hybridized carbons (Fsp3) is 0.143. The van der Waals surface area contributed by atoms with Crippen LogP contribution in [0.25, 0.3) is 22.3 Å². The lowest BCUT2D eigenvalue weighted by Gasteiger charge is -2.13. The second-order valence-electron chi connectivity index (χ2n) is 5.88. The minimum atomic E-state index is 1.27. The van der Waals surface area contributed by atoms with Gasteiger partial charge in [0.05, 0.1) is 0 Å². The van der Waals surface area contributed by atoms with Crippen LogP contribution in [-0.2, 0) is 0 Å². The Balaban J connectivity index is 2.06. The fourth-order valence-corrected chi connectivity index (χ4v) is 3.83. The van der Waals surface area contributed by atoms with E-state index in [0.717, 1.165) is 0 Å². The molecule has 0 saturated heterocycles. The van der Waals surface area contributed by atoms with Crippen LogP contribution in [0.4, 0.5) is 0 Å². The van der Waals surface area contributed by atoms with Crippen molar-refractivity contribution in [1.29, 1.82) is 0 Å². The summed E-state index contributed by atoms with van der Waals surface area (Å²) >= 11 is 4.75. The number of halogens is 2. The highest BCUT2D eigenvalue weighted by molar-refractivity contribution is 14.1. The van der Waals surface area contributed by atoms with Gasteiger partial charge in [-0.3, -0.25) is 0 Å². The summed E-state index contributed by atoms with van der Waals surface area (Å²) in [5.74, 6) is 0. The lowest BCUT2D eigenvalue weighted by Crippen LogP contribution is -1.92.